The molecule has 0 atom stereocenters. The van der Waals surface area contributed by atoms with Gasteiger partial charge in [0.2, 0.25) is 0 Å². The van der Waals surface area contributed by atoms with Crippen molar-refractivity contribution < 1.29 is 9.59 Å². The third-order valence-electron chi connectivity index (χ3n) is 1.36. The average molecular weight is 214 g/mol. The molecule has 0 fully saturated rings. The maximum absolute atomic E-state index is 11.3. The lowest BCUT2D eigenvalue weighted by molar-refractivity contribution is -0.116. The van der Waals surface area contributed by atoms with Crippen molar-refractivity contribution in [2.45, 2.75) is 6.92 Å². The number of hydrogen-bond donors (Lipinski definition) is 1. The molecule has 6 heteroatoms. The summed E-state index contributed by atoms with van der Waals surface area (Å²) >= 11 is 5.55. The van der Waals surface area contributed by atoms with Gasteiger partial charge < -0.3 is 5.32 Å². The second kappa shape index (κ2) is 4.66. The molecule has 1 amide bonds. The molecule has 14 heavy (non-hydrogen) atoms. The Morgan fingerprint density at radius 2 is 2.21 bits per heavy atom. The molecule has 1 rings (SSSR count). The highest BCUT2D eigenvalue weighted by atomic mass is 35.5. The first-order chi connectivity index (χ1) is 6.59. The molecule has 0 saturated carbocycles. The first-order valence-corrected chi connectivity index (χ1v) is 4.22. The van der Waals surface area contributed by atoms with Gasteiger partial charge in [0.1, 0.15) is 23.0 Å². The predicted octanol–water partition coefficient (Wildman–Crippen LogP) is 0.449. The van der Waals surface area contributed by atoms with Gasteiger partial charge in [-0.2, -0.15) is 0 Å². The van der Waals surface area contributed by atoms with Crippen LogP contribution in [0.2, 0.25) is 5.15 Å². The second-order valence-corrected chi connectivity index (χ2v) is 3.00. The smallest absolute Gasteiger partial charge is 0.270 e. The fraction of sp³-hybridized carbons (Fsp3) is 0.250. The van der Waals surface area contributed by atoms with Gasteiger partial charge >= 0.3 is 0 Å². The van der Waals surface area contributed by atoms with E-state index in [-0.39, 0.29) is 23.2 Å². The number of rotatable bonds is 3. The van der Waals surface area contributed by atoms with Crippen molar-refractivity contribution in [3.8, 4) is 0 Å². The minimum atomic E-state index is -0.440. The monoisotopic (exact) mass is 213 g/mol. The highest BCUT2D eigenvalue weighted by Crippen LogP contribution is 2.03. The fourth-order valence-electron chi connectivity index (χ4n) is 0.753. The van der Waals surface area contributed by atoms with E-state index in [1.165, 1.54) is 19.3 Å². The number of carbonyl (C=O) groups is 2. The van der Waals surface area contributed by atoms with Crippen molar-refractivity contribution in [2.24, 2.45) is 0 Å². The van der Waals surface area contributed by atoms with E-state index in [0.29, 0.717) is 0 Å². The Kier molecular flexibility index (Phi) is 3.53. The normalized spacial score (nSPS) is 9.57. The van der Waals surface area contributed by atoms with Crippen molar-refractivity contribution in [3.63, 3.8) is 0 Å². The molecule has 0 aromatic carbocycles. The zero-order valence-corrected chi connectivity index (χ0v) is 8.21. The minimum Gasteiger partial charge on any atom is -0.344 e. The van der Waals surface area contributed by atoms with Gasteiger partial charge in [0.15, 0.2) is 0 Å². The molecular formula is C8H8ClN3O2. The van der Waals surface area contributed by atoms with E-state index < -0.39 is 5.91 Å². The SMILES string of the molecule is CC(=O)CNC(=O)c1cc(Cl)ncn1. The van der Waals surface area contributed by atoms with E-state index in [1.54, 1.807) is 0 Å². The molecule has 0 aliphatic carbocycles. The summed E-state index contributed by atoms with van der Waals surface area (Å²) in [6.45, 7) is 1.37. The molecule has 1 aromatic rings. The van der Waals surface area contributed by atoms with Crippen LogP contribution in [0.25, 0.3) is 0 Å². The zero-order valence-electron chi connectivity index (χ0n) is 7.45. The van der Waals surface area contributed by atoms with Crippen molar-refractivity contribution >= 4 is 23.3 Å². The Morgan fingerprint density at radius 1 is 1.50 bits per heavy atom. The summed E-state index contributed by atoms with van der Waals surface area (Å²) in [5, 5.41) is 2.58. The fourth-order valence-corrected chi connectivity index (χ4v) is 0.900. The third-order valence-corrected chi connectivity index (χ3v) is 1.57. The van der Waals surface area contributed by atoms with Crippen LogP contribution in [0.5, 0.6) is 0 Å². The summed E-state index contributed by atoms with van der Waals surface area (Å²) in [5.41, 5.74) is 0.145. The van der Waals surface area contributed by atoms with Crippen LogP contribution in [0.1, 0.15) is 17.4 Å². The standard InChI is InChI=1S/C8H8ClN3O2/c1-5(13)3-10-8(14)6-2-7(9)12-4-11-6/h2,4H,3H2,1H3,(H,10,14). The Morgan fingerprint density at radius 3 is 2.79 bits per heavy atom. The largest absolute Gasteiger partial charge is 0.344 e. The molecule has 0 aliphatic heterocycles. The number of aromatic nitrogens is 2. The van der Waals surface area contributed by atoms with E-state index in [9.17, 15) is 9.59 Å². The molecule has 5 nitrogen and oxygen atoms in total. The van der Waals surface area contributed by atoms with Crippen molar-refractivity contribution in [3.05, 3.63) is 23.2 Å². The van der Waals surface area contributed by atoms with Crippen molar-refractivity contribution in [2.75, 3.05) is 6.54 Å². The van der Waals surface area contributed by atoms with Crippen LogP contribution in [-0.4, -0.2) is 28.2 Å². The minimum absolute atomic E-state index is 0.0134. The van der Waals surface area contributed by atoms with Crippen LogP contribution in [0.3, 0.4) is 0 Å². The Hall–Kier alpha value is -1.49. The third kappa shape index (κ3) is 3.10. The first kappa shape index (κ1) is 10.6. The van der Waals surface area contributed by atoms with Gasteiger partial charge in [-0.05, 0) is 6.92 Å². The summed E-state index contributed by atoms with van der Waals surface area (Å²) in [6.07, 6.45) is 1.19. The molecule has 1 N–H and O–H groups in total. The van der Waals surface area contributed by atoms with Crippen LogP contribution in [0, 0.1) is 0 Å². The number of Topliss-reactive ketones (excluding diaryl/α,β-unsaturated/α-hetero) is 1. The summed E-state index contributed by atoms with van der Waals surface area (Å²) < 4.78 is 0. The highest BCUT2D eigenvalue weighted by Gasteiger charge is 2.07. The number of nitrogens with zero attached hydrogens (tertiary/aromatic N) is 2. The Bertz CT molecular complexity index is 367. The highest BCUT2D eigenvalue weighted by molar-refractivity contribution is 6.29. The lowest BCUT2D eigenvalue weighted by atomic mass is 10.3. The summed E-state index contributed by atoms with van der Waals surface area (Å²) in [5.74, 6) is -0.567. The number of ketones is 1. The molecule has 0 aliphatic rings. The Balaban J connectivity index is 2.65. The van der Waals surface area contributed by atoms with Gasteiger partial charge in [-0.15, -0.1) is 0 Å². The maximum Gasteiger partial charge on any atom is 0.270 e. The first-order valence-electron chi connectivity index (χ1n) is 3.85. The summed E-state index contributed by atoms with van der Waals surface area (Å²) in [4.78, 5) is 29.2. The topological polar surface area (TPSA) is 72.0 Å². The molecule has 74 valence electrons. The molecule has 0 bridgehead atoms. The maximum atomic E-state index is 11.3. The second-order valence-electron chi connectivity index (χ2n) is 2.61. The molecule has 0 spiro atoms. The van der Waals surface area contributed by atoms with Crippen LogP contribution >= 0.6 is 11.6 Å². The summed E-state index contributed by atoms with van der Waals surface area (Å²) in [6, 6.07) is 1.33. The van der Waals surface area contributed by atoms with Gasteiger partial charge in [-0.3, -0.25) is 9.59 Å². The molecule has 0 saturated heterocycles. The van der Waals surface area contributed by atoms with Gasteiger partial charge in [0, 0.05) is 6.07 Å². The van der Waals surface area contributed by atoms with Gasteiger partial charge in [0.05, 0.1) is 6.54 Å². The van der Waals surface area contributed by atoms with Gasteiger partial charge in [-0.25, -0.2) is 9.97 Å². The van der Waals surface area contributed by atoms with Crippen molar-refractivity contribution in [1.82, 2.24) is 15.3 Å². The molecular weight excluding hydrogens is 206 g/mol. The van der Waals surface area contributed by atoms with Crippen LogP contribution in [0.4, 0.5) is 0 Å². The number of nitrogens with one attached hydrogen (secondary N) is 1. The van der Waals surface area contributed by atoms with E-state index in [0.717, 1.165) is 0 Å². The van der Waals surface area contributed by atoms with E-state index >= 15 is 0 Å². The van der Waals surface area contributed by atoms with Crippen molar-refractivity contribution in [1.29, 1.82) is 0 Å². The van der Waals surface area contributed by atoms with Crippen LogP contribution in [0.15, 0.2) is 12.4 Å². The van der Waals surface area contributed by atoms with E-state index in [2.05, 4.69) is 15.3 Å². The van der Waals surface area contributed by atoms with E-state index in [4.69, 9.17) is 11.6 Å². The predicted molar refractivity (Wildman–Crippen MR) is 50.1 cm³/mol. The lowest BCUT2D eigenvalue weighted by Gasteiger charge is -2.01. The molecule has 0 unspecified atom stereocenters. The summed E-state index contributed by atoms with van der Waals surface area (Å²) in [7, 11) is 0. The molecule has 1 aromatic heterocycles. The Labute approximate surface area is 85.5 Å². The van der Waals surface area contributed by atoms with Gasteiger partial charge in [-0.1, -0.05) is 11.6 Å². The average Bonchev–Trinajstić information content (AvgIpc) is 2.14. The zero-order chi connectivity index (χ0) is 10.6. The number of amides is 1. The number of hydrogen-bond acceptors (Lipinski definition) is 4. The quantitative estimate of drug-likeness (QED) is 0.740. The number of halogens is 1. The molecule has 0 radical (unpaired) electrons. The van der Waals surface area contributed by atoms with Crippen LogP contribution < -0.4 is 5.32 Å². The number of carbonyl (C=O) groups excluding carboxylic acids is 2. The van der Waals surface area contributed by atoms with Crippen LogP contribution in [-0.2, 0) is 4.79 Å². The van der Waals surface area contributed by atoms with E-state index in [1.807, 2.05) is 0 Å². The lowest BCUT2D eigenvalue weighted by Crippen LogP contribution is -2.28. The van der Waals surface area contributed by atoms with Gasteiger partial charge in [0.25, 0.3) is 5.91 Å². The molecule has 1 heterocycles.